The van der Waals surface area contributed by atoms with E-state index in [0.29, 0.717) is 34.3 Å². The maximum atomic E-state index is 13.7. The van der Waals surface area contributed by atoms with Gasteiger partial charge in [0.05, 0.1) is 0 Å². The Bertz CT molecular complexity index is 1160. The number of halogens is 2. The van der Waals surface area contributed by atoms with Crippen LogP contribution in [0, 0.1) is 13.8 Å². The zero-order valence-corrected chi connectivity index (χ0v) is 23.1. The van der Waals surface area contributed by atoms with Crippen molar-refractivity contribution in [3.05, 3.63) is 99.0 Å². The molecule has 1 atom stereocenters. The second kappa shape index (κ2) is 14.1. The standard InChI is InChI=1S/C30H34Cl2N2O3/c1-4-5-14-33-30(36)28(18-23-10-7-6-8-11-23)34(19-25-26(31)12-9-13-27(25)32)29(35)20-37-24-16-21(2)15-22(3)17-24/h6-13,15-17,28H,4-5,14,18-20H2,1-3H3,(H,33,36). The highest BCUT2D eigenvalue weighted by molar-refractivity contribution is 6.36. The lowest BCUT2D eigenvalue weighted by molar-refractivity contribution is -0.142. The van der Waals surface area contributed by atoms with E-state index in [1.54, 1.807) is 18.2 Å². The predicted molar refractivity (Wildman–Crippen MR) is 150 cm³/mol. The first-order valence-electron chi connectivity index (χ1n) is 12.5. The molecule has 0 heterocycles. The first kappa shape index (κ1) is 28.5. The van der Waals surface area contributed by atoms with Crippen LogP contribution in [0.25, 0.3) is 0 Å². The van der Waals surface area contributed by atoms with Crippen molar-refractivity contribution < 1.29 is 14.3 Å². The number of benzene rings is 3. The molecule has 2 amide bonds. The molecule has 0 bridgehead atoms. The molecule has 0 radical (unpaired) electrons. The molecule has 0 aliphatic heterocycles. The van der Waals surface area contributed by atoms with Crippen molar-refractivity contribution >= 4 is 35.0 Å². The number of carbonyl (C=O) groups excluding carboxylic acids is 2. The van der Waals surface area contributed by atoms with Crippen molar-refractivity contribution in [2.75, 3.05) is 13.2 Å². The lowest BCUT2D eigenvalue weighted by atomic mass is 10.0. The minimum absolute atomic E-state index is 0.0756. The molecule has 0 spiro atoms. The molecule has 196 valence electrons. The van der Waals surface area contributed by atoms with Crippen molar-refractivity contribution in [1.29, 1.82) is 0 Å². The first-order valence-corrected chi connectivity index (χ1v) is 13.3. The Kier molecular flexibility index (Phi) is 10.8. The topological polar surface area (TPSA) is 58.6 Å². The molecule has 0 aliphatic rings. The normalized spacial score (nSPS) is 11.6. The van der Waals surface area contributed by atoms with Crippen molar-refractivity contribution in [2.45, 2.75) is 52.6 Å². The summed E-state index contributed by atoms with van der Waals surface area (Å²) in [7, 11) is 0. The van der Waals surface area contributed by atoms with Gasteiger partial charge in [-0.3, -0.25) is 9.59 Å². The van der Waals surface area contributed by atoms with Crippen LogP contribution in [-0.4, -0.2) is 35.9 Å². The minimum Gasteiger partial charge on any atom is -0.484 e. The summed E-state index contributed by atoms with van der Waals surface area (Å²) in [6.07, 6.45) is 2.14. The van der Waals surface area contributed by atoms with Crippen LogP contribution in [0.4, 0.5) is 0 Å². The van der Waals surface area contributed by atoms with Gasteiger partial charge < -0.3 is 15.0 Å². The zero-order valence-electron chi connectivity index (χ0n) is 21.6. The summed E-state index contributed by atoms with van der Waals surface area (Å²) in [5, 5.41) is 3.87. The van der Waals surface area contributed by atoms with Gasteiger partial charge in [0.15, 0.2) is 6.61 Å². The third-order valence-electron chi connectivity index (χ3n) is 6.05. The quantitative estimate of drug-likeness (QED) is 0.265. The zero-order chi connectivity index (χ0) is 26.8. The van der Waals surface area contributed by atoms with Crippen LogP contribution in [0.3, 0.4) is 0 Å². The number of rotatable bonds is 12. The van der Waals surface area contributed by atoms with Gasteiger partial charge in [-0.15, -0.1) is 0 Å². The Hall–Kier alpha value is -3.02. The van der Waals surface area contributed by atoms with Crippen LogP contribution in [0.5, 0.6) is 5.75 Å². The second-order valence-electron chi connectivity index (χ2n) is 9.18. The summed E-state index contributed by atoms with van der Waals surface area (Å²) in [5.74, 6) is 0.0514. The van der Waals surface area contributed by atoms with Gasteiger partial charge in [-0.05, 0) is 61.2 Å². The molecule has 1 unspecified atom stereocenters. The Morgan fingerprint density at radius 1 is 0.946 bits per heavy atom. The Morgan fingerprint density at radius 2 is 1.59 bits per heavy atom. The Morgan fingerprint density at radius 3 is 2.22 bits per heavy atom. The number of ether oxygens (including phenoxy) is 1. The van der Waals surface area contributed by atoms with Crippen LogP contribution in [0.1, 0.15) is 42.0 Å². The molecule has 1 N–H and O–H groups in total. The number of hydrogen-bond donors (Lipinski definition) is 1. The van der Waals surface area contributed by atoms with Gasteiger partial charge in [-0.25, -0.2) is 0 Å². The van der Waals surface area contributed by atoms with E-state index in [4.69, 9.17) is 27.9 Å². The maximum absolute atomic E-state index is 13.7. The molecule has 5 nitrogen and oxygen atoms in total. The van der Waals surface area contributed by atoms with Gasteiger partial charge >= 0.3 is 0 Å². The summed E-state index contributed by atoms with van der Waals surface area (Å²) in [5.41, 5.74) is 3.61. The number of hydrogen-bond acceptors (Lipinski definition) is 3. The molecule has 3 aromatic carbocycles. The van der Waals surface area contributed by atoms with Crippen molar-refractivity contribution in [3.8, 4) is 5.75 Å². The van der Waals surface area contributed by atoms with Crippen LogP contribution in [0.2, 0.25) is 10.0 Å². The van der Waals surface area contributed by atoms with Crippen LogP contribution in [-0.2, 0) is 22.6 Å². The number of amides is 2. The van der Waals surface area contributed by atoms with Gasteiger partial charge in [0.25, 0.3) is 5.91 Å². The van der Waals surface area contributed by atoms with Gasteiger partial charge in [0.1, 0.15) is 11.8 Å². The average Bonchev–Trinajstić information content (AvgIpc) is 2.86. The average molecular weight is 542 g/mol. The molecule has 0 saturated heterocycles. The van der Waals surface area contributed by atoms with E-state index < -0.39 is 6.04 Å². The molecule has 0 fully saturated rings. The van der Waals surface area contributed by atoms with E-state index in [1.165, 1.54) is 4.90 Å². The number of nitrogens with zero attached hydrogens (tertiary/aromatic N) is 1. The first-order chi connectivity index (χ1) is 17.8. The van der Waals surface area contributed by atoms with Crippen LogP contribution in [0.15, 0.2) is 66.7 Å². The Labute approximate surface area is 229 Å². The molecule has 0 saturated carbocycles. The van der Waals surface area contributed by atoms with E-state index in [9.17, 15) is 9.59 Å². The fourth-order valence-corrected chi connectivity index (χ4v) is 4.68. The Balaban J connectivity index is 1.94. The fraction of sp³-hybridized carbons (Fsp3) is 0.333. The van der Waals surface area contributed by atoms with Crippen molar-refractivity contribution in [1.82, 2.24) is 10.2 Å². The summed E-state index contributed by atoms with van der Waals surface area (Å²) in [6, 6.07) is 19.9. The van der Waals surface area contributed by atoms with E-state index in [2.05, 4.69) is 12.2 Å². The van der Waals surface area contributed by atoms with Gasteiger partial charge in [-0.1, -0.05) is 79.0 Å². The van der Waals surface area contributed by atoms with E-state index >= 15 is 0 Å². The summed E-state index contributed by atoms with van der Waals surface area (Å²) in [6.45, 7) is 6.40. The highest BCUT2D eigenvalue weighted by Gasteiger charge is 2.31. The van der Waals surface area contributed by atoms with E-state index in [-0.39, 0.29) is 25.0 Å². The summed E-state index contributed by atoms with van der Waals surface area (Å²) < 4.78 is 5.90. The number of carbonyl (C=O) groups is 2. The van der Waals surface area contributed by atoms with E-state index in [0.717, 1.165) is 29.5 Å². The second-order valence-corrected chi connectivity index (χ2v) is 10.00. The summed E-state index contributed by atoms with van der Waals surface area (Å²) >= 11 is 13.0. The molecule has 0 aromatic heterocycles. The highest BCUT2D eigenvalue weighted by atomic mass is 35.5. The third-order valence-corrected chi connectivity index (χ3v) is 6.76. The molecular formula is C30H34Cl2N2O3. The molecule has 7 heteroatoms. The van der Waals surface area contributed by atoms with Gasteiger partial charge in [0.2, 0.25) is 5.91 Å². The van der Waals surface area contributed by atoms with Gasteiger partial charge in [0, 0.05) is 35.1 Å². The molecule has 3 aromatic rings. The van der Waals surface area contributed by atoms with Gasteiger partial charge in [-0.2, -0.15) is 0 Å². The predicted octanol–water partition coefficient (Wildman–Crippen LogP) is 6.55. The van der Waals surface area contributed by atoms with E-state index in [1.807, 2.05) is 62.4 Å². The number of unbranched alkanes of at least 4 members (excludes halogenated alkanes) is 1. The highest BCUT2D eigenvalue weighted by Crippen LogP contribution is 2.27. The largest absolute Gasteiger partial charge is 0.484 e. The minimum atomic E-state index is -0.776. The lowest BCUT2D eigenvalue weighted by Gasteiger charge is -2.32. The fourth-order valence-electron chi connectivity index (χ4n) is 4.16. The summed E-state index contributed by atoms with van der Waals surface area (Å²) in [4.78, 5) is 28.7. The SMILES string of the molecule is CCCCNC(=O)C(Cc1ccccc1)N(Cc1c(Cl)cccc1Cl)C(=O)COc1cc(C)cc(C)c1. The van der Waals surface area contributed by atoms with Crippen molar-refractivity contribution in [2.24, 2.45) is 0 Å². The number of aryl methyl sites for hydroxylation is 2. The van der Waals surface area contributed by atoms with Crippen LogP contribution < -0.4 is 10.1 Å². The maximum Gasteiger partial charge on any atom is 0.261 e. The van der Waals surface area contributed by atoms with Crippen LogP contribution >= 0.6 is 23.2 Å². The third kappa shape index (κ3) is 8.51. The molecule has 0 aliphatic carbocycles. The number of nitrogens with one attached hydrogen (secondary N) is 1. The molecular weight excluding hydrogens is 507 g/mol. The molecule has 3 rings (SSSR count). The lowest BCUT2D eigenvalue weighted by Crippen LogP contribution is -2.52. The smallest absolute Gasteiger partial charge is 0.261 e. The van der Waals surface area contributed by atoms with Crippen molar-refractivity contribution in [3.63, 3.8) is 0 Å². The monoisotopic (exact) mass is 540 g/mol. The molecule has 37 heavy (non-hydrogen) atoms.